The average Bonchev–Trinajstić information content (AvgIpc) is 2.44. The van der Waals surface area contributed by atoms with Gasteiger partial charge in [-0.1, -0.05) is 11.6 Å². The highest BCUT2D eigenvalue weighted by atomic mass is 35.5. The average molecular weight is 341 g/mol. The molecule has 0 aromatic heterocycles. The summed E-state index contributed by atoms with van der Waals surface area (Å²) in [6.45, 7) is 7.85. The molecule has 6 nitrogen and oxygen atoms in total. The third-order valence-corrected chi connectivity index (χ3v) is 3.60. The molecule has 23 heavy (non-hydrogen) atoms. The van der Waals surface area contributed by atoms with E-state index in [2.05, 4.69) is 10.6 Å². The lowest BCUT2D eigenvalue weighted by Gasteiger charge is -2.24. The SMILES string of the molecule is CC(CN)N(C)C(=O)c1cc(NC(=O)NC(C)(C)C)ccc1Cl. The first-order chi connectivity index (χ1) is 10.5. The van der Waals surface area contributed by atoms with E-state index in [-0.39, 0.29) is 23.5 Å². The van der Waals surface area contributed by atoms with Crippen molar-refractivity contribution >= 4 is 29.2 Å². The van der Waals surface area contributed by atoms with Crippen LogP contribution in [0.5, 0.6) is 0 Å². The van der Waals surface area contributed by atoms with Crippen LogP contribution < -0.4 is 16.4 Å². The van der Waals surface area contributed by atoms with Crippen LogP contribution in [0, 0.1) is 0 Å². The molecule has 0 aliphatic carbocycles. The van der Waals surface area contributed by atoms with Crippen LogP contribution in [0.4, 0.5) is 10.5 Å². The zero-order chi connectivity index (χ0) is 17.8. The molecule has 7 heteroatoms. The van der Waals surface area contributed by atoms with Gasteiger partial charge in [0.2, 0.25) is 0 Å². The smallest absolute Gasteiger partial charge is 0.319 e. The fourth-order valence-corrected chi connectivity index (χ4v) is 2.02. The first-order valence-electron chi connectivity index (χ1n) is 7.41. The molecule has 0 aliphatic rings. The van der Waals surface area contributed by atoms with Crippen LogP contribution in [0.25, 0.3) is 0 Å². The van der Waals surface area contributed by atoms with E-state index in [1.807, 2.05) is 27.7 Å². The molecule has 0 radical (unpaired) electrons. The number of hydrogen-bond acceptors (Lipinski definition) is 3. The van der Waals surface area contributed by atoms with Crippen LogP contribution in [0.1, 0.15) is 38.1 Å². The van der Waals surface area contributed by atoms with Crippen molar-refractivity contribution in [3.8, 4) is 0 Å². The third-order valence-electron chi connectivity index (χ3n) is 3.27. The quantitative estimate of drug-likeness (QED) is 0.787. The molecule has 0 heterocycles. The molecule has 1 atom stereocenters. The number of hydrogen-bond donors (Lipinski definition) is 3. The van der Waals surface area contributed by atoms with Gasteiger partial charge in [-0.15, -0.1) is 0 Å². The van der Waals surface area contributed by atoms with Crippen molar-refractivity contribution in [3.63, 3.8) is 0 Å². The minimum Gasteiger partial charge on any atom is -0.338 e. The van der Waals surface area contributed by atoms with Crippen molar-refractivity contribution in [1.29, 1.82) is 0 Å². The number of carbonyl (C=O) groups excluding carboxylic acids is 2. The van der Waals surface area contributed by atoms with E-state index < -0.39 is 0 Å². The molecule has 1 aromatic rings. The highest BCUT2D eigenvalue weighted by Gasteiger charge is 2.20. The Hall–Kier alpha value is -1.79. The Morgan fingerprint density at radius 1 is 1.35 bits per heavy atom. The van der Waals surface area contributed by atoms with Gasteiger partial charge in [-0.05, 0) is 45.9 Å². The van der Waals surface area contributed by atoms with Crippen molar-refractivity contribution < 1.29 is 9.59 Å². The summed E-state index contributed by atoms with van der Waals surface area (Å²) in [5.41, 5.74) is 6.05. The molecule has 4 N–H and O–H groups in total. The van der Waals surface area contributed by atoms with Gasteiger partial charge in [0.05, 0.1) is 10.6 Å². The van der Waals surface area contributed by atoms with Gasteiger partial charge in [-0.2, -0.15) is 0 Å². The predicted molar refractivity (Wildman–Crippen MR) is 94.0 cm³/mol. The van der Waals surface area contributed by atoms with E-state index in [9.17, 15) is 9.59 Å². The zero-order valence-electron chi connectivity index (χ0n) is 14.2. The number of anilines is 1. The van der Waals surface area contributed by atoms with E-state index in [0.29, 0.717) is 22.8 Å². The molecule has 3 amide bonds. The highest BCUT2D eigenvalue weighted by molar-refractivity contribution is 6.34. The van der Waals surface area contributed by atoms with Gasteiger partial charge in [0, 0.05) is 30.9 Å². The Morgan fingerprint density at radius 3 is 2.48 bits per heavy atom. The minimum absolute atomic E-state index is 0.112. The van der Waals surface area contributed by atoms with Gasteiger partial charge in [0.25, 0.3) is 5.91 Å². The highest BCUT2D eigenvalue weighted by Crippen LogP contribution is 2.22. The molecule has 0 fully saturated rings. The van der Waals surface area contributed by atoms with E-state index in [1.165, 1.54) is 4.90 Å². The molecular weight excluding hydrogens is 316 g/mol. The number of nitrogens with one attached hydrogen (secondary N) is 2. The largest absolute Gasteiger partial charge is 0.338 e. The molecule has 0 aliphatic heterocycles. The van der Waals surface area contributed by atoms with Gasteiger partial charge >= 0.3 is 6.03 Å². The summed E-state index contributed by atoms with van der Waals surface area (Å²) < 4.78 is 0. The summed E-state index contributed by atoms with van der Waals surface area (Å²) in [7, 11) is 1.67. The molecule has 1 unspecified atom stereocenters. The van der Waals surface area contributed by atoms with Gasteiger partial charge in [-0.25, -0.2) is 4.79 Å². The number of likely N-dealkylation sites (N-methyl/N-ethyl adjacent to an activating group) is 1. The summed E-state index contributed by atoms with van der Waals surface area (Å²) in [5, 5.41) is 5.81. The van der Waals surface area contributed by atoms with E-state index >= 15 is 0 Å². The Bertz CT molecular complexity index is 584. The van der Waals surface area contributed by atoms with Gasteiger partial charge < -0.3 is 21.3 Å². The standard InChI is InChI=1S/C16H25ClN4O2/c1-10(9-18)21(5)14(22)12-8-11(6-7-13(12)17)19-15(23)20-16(2,3)4/h6-8,10H,9,18H2,1-5H3,(H2,19,20,23). The topological polar surface area (TPSA) is 87.5 Å². The number of urea groups is 1. The van der Waals surface area contributed by atoms with Crippen LogP contribution in [0.3, 0.4) is 0 Å². The lowest BCUT2D eigenvalue weighted by molar-refractivity contribution is 0.0748. The van der Waals surface area contributed by atoms with E-state index in [0.717, 1.165) is 0 Å². The van der Waals surface area contributed by atoms with Crippen molar-refractivity contribution in [2.75, 3.05) is 18.9 Å². The fourth-order valence-electron chi connectivity index (χ4n) is 1.82. The number of benzene rings is 1. The molecule has 0 spiro atoms. The Morgan fingerprint density at radius 2 is 1.96 bits per heavy atom. The first kappa shape index (κ1) is 19.3. The second-order valence-corrected chi connectivity index (χ2v) is 6.93. The van der Waals surface area contributed by atoms with Crippen molar-refractivity contribution in [1.82, 2.24) is 10.2 Å². The van der Waals surface area contributed by atoms with Gasteiger partial charge in [-0.3, -0.25) is 4.79 Å². The van der Waals surface area contributed by atoms with Crippen LogP contribution in [-0.4, -0.2) is 42.0 Å². The molecule has 0 bridgehead atoms. The Balaban J connectivity index is 2.95. The number of amides is 3. The van der Waals surface area contributed by atoms with E-state index in [1.54, 1.807) is 25.2 Å². The predicted octanol–water partition coefficient (Wildman–Crippen LogP) is 2.68. The van der Waals surface area contributed by atoms with Crippen molar-refractivity contribution in [2.45, 2.75) is 39.3 Å². The lowest BCUT2D eigenvalue weighted by Crippen LogP contribution is -2.43. The minimum atomic E-state index is -0.355. The van der Waals surface area contributed by atoms with Crippen LogP contribution in [0.15, 0.2) is 18.2 Å². The van der Waals surface area contributed by atoms with Crippen LogP contribution in [0.2, 0.25) is 5.02 Å². The third kappa shape index (κ3) is 5.73. The van der Waals surface area contributed by atoms with Gasteiger partial charge in [0.1, 0.15) is 0 Å². The number of nitrogens with two attached hydrogens (primary N) is 1. The molecule has 1 aromatic carbocycles. The molecule has 0 saturated heterocycles. The summed E-state index contributed by atoms with van der Waals surface area (Å²) in [6.07, 6.45) is 0. The zero-order valence-corrected chi connectivity index (χ0v) is 15.0. The lowest BCUT2D eigenvalue weighted by atomic mass is 10.1. The maximum Gasteiger partial charge on any atom is 0.319 e. The fraction of sp³-hybridized carbons (Fsp3) is 0.500. The number of carbonyl (C=O) groups is 2. The first-order valence-corrected chi connectivity index (χ1v) is 7.79. The maximum absolute atomic E-state index is 12.5. The number of rotatable bonds is 4. The second-order valence-electron chi connectivity index (χ2n) is 6.52. The van der Waals surface area contributed by atoms with Crippen LogP contribution in [-0.2, 0) is 0 Å². The van der Waals surface area contributed by atoms with Gasteiger partial charge in [0.15, 0.2) is 0 Å². The second kappa shape index (κ2) is 7.66. The maximum atomic E-state index is 12.5. The van der Waals surface area contributed by atoms with E-state index in [4.69, 9.17) is 17.3 Å². The van der Waals surface area contributed by atoms with Crippen molar-refractivity contribution in [3.05, 3.63) is 28.8 Å². The molecular formula is C16H25ClN4O2. The molecule has 1 rings (SSSR count). The summed E-state index contributed by atoms with van der Waals surface area (Å²) >= 11 is 6.12. The number of halogens is 1. The normalized spacial score (nSPS) is 12.5. The molecule has 128 valence electrons. The number of nitrogens with zero attached hydrogens (tertiary/aromatic N) is 1. The Labute approximate surface area is 142 Å². The summed E-state index contributed by atoms with van der Waals surface area (Å²) in [5.74, 6) is -0.243. The monoisotopic (exact) mass is 340 g/mol. The summed E-state index contributed by atoms with van der Waals surface area (Å²) in [6, 6.07) is 4.34. The van der Waals surface area contributed by atoms with Crippen LogP contribution >= 0.6 is 11.6 Å². The summed E-state index contributed by atoms with van der Waals surface area (Å²) in [4.78, 5) is 25.9. The van der Waals surface area contributed by atoms with Crippen molar-refractivity contribution in [2.24, 2.45) is 5.73 Å². The Kier molecular flexibility index (Phi) is 6.41. The molecule has 0 saturated carbocycles.